The minimum Gasteiger partial charge on any atom is -0.452 e. The third kappa shape index (κ3) is 5.04. The highest BCUT2D eigenvalue weighted by atomic mass is 16.6. The van der Waals surface area contributed by atoms with Crippen molar-refractivity contribution in [2.45, 2.75) is 18.9 Å². The number of hydrogen-bond donors (Lipinski definition) is 0. The van der Waals surface area contributed by atoms with Crippen molar-refractivity contribution in [3.8, 4) is 24.7 Å². The molecule has 0 rings (SSSR count). The summed E-state index contributed by atoms with van der Waals surface area (Å²) < 4.78 is 13.7. The first-order valence-electron chi connectivity index (χ1n) is 4.81. The maximum atomic E-state index is 11.6. The van der Waals surface area contributed by atoms with Gasteiger partial charge in [0.1, 0.15) is 0 Å². The summed E-state index contributed by atoms with van der Waals surface area (Å²) in [5, 5.41) is 0. The van der Waals surface area contributed by atoms with E-state index in [4.69, 9.17) is 12.8 Å². The fraction of sp³-hybridized carbons (Fsp3) is 0.417. The van der Waals surface area contributed by atoms with Gasteiger partial charge in [0.05, 0.1) is 6.42 Å². The lowest BCUT2D eigenvalue weighted by atomic mass is 10.0. The highest BCUT2D eigenvalue weighted by Gasteiger charge is 2.40. The molecule has 0 saturated carbocycles. The molecule has 96 valence electrons. The van der Waals surface area contributed by atoms with E-state index >= 15 is 0 Å². The first-order chi connectivity index (χ1) is 8.50. The van der Waals surface area contributed by atoms with Gasteiger partial charge < -0.3 is 14.2 Å². The van der Waals surface area contributed by atoms with Crippen molar-refractivity contribution in [3.05, 3.63) is 0 Å². The van der Waals surface area contributed by atoms with Crippen LogP contribution in [0.25, 0.3) is 0 Å². The van der Waals surface area contributed by atoms with E-state index in [1.165, 1.54) is 6.92 Å². The van der Waals surface area contributed by atoms with Crippen LogP contribution in [0.15, 0.2) is 0 Å². The number of carbonyl (C=O) groups is 3. The van der Waals surface area contributed by atoms with Crippen molar-refractivity contribution in [2.24, 2.45) is 0 Å². The summed E-state index contributed by atoms with van der Waals surface area (Å²) in [6.45, 7) is 0.703. The van der Waals surface area contributed by atoms with Crippen molar-refractivity contribution in [2.75, 3.05) is 13.2 Å². The molecule has 0 N–H and O–H groups in total. The van der Waals surface area contributed by atoms with Crippen LogP contribution in [0.3, 0.4) is 0 Å². The van der Waals surface area contributed by atoms with Crippen molar-refractivity contribution in [1.82, 2.24) is 0 Å². The van der Waals surface area contributed by atoms with Crippen LogP contribution in [0.5, 0.6) is 0 Å². The van der Waals surface area contributed by atoms with Crippen LogP contribution in [0.1, 0.15) is 13.3 Å². The van der Waals surface area contributed by atoms with Crippen LogP contribution >= 0.6 is 0 Å². The number of carbonyl (C=O) groups excluding carboxylic acids is 3. The van der Waals surface area contributed by atoms with E-state index in [-0.39, 0.29) is 19.7 Å². The molecule has 0 aliphatic carbocycles. The van der Waals surface area contributed by atoms with Gasteiger partial charge in [-0.25, -0.2) is 4.79 Å². The number of hydrogen-bond acceptors (Lipinski definition) is 6. The summed E-state index contributed by atoms with van der Waals surface area (Å²) in [6.07, 6.45) is 9.29. The molecule has 0 heterocycles. The Hall–Kier alpha value is -2.47. The molecule has 0 saturated heterocycles. The zero-order valence-corrected chi connectivity index (χ0v) is 9.80. The van der Waals surface area contributed by atoms with Gasteiger partial charge in [0.25, 0.3) is 6.47 Å². The lowest BCUT2D eigenvalue weighted by Gasteiger charge is -2.23. The zero-order valence-electron chi connectivity index (χ0n) is 9.80. The first-order valence-corrected chi connectivity index (χ1v) is 4.81. The van der Waals surface area contributed by atoms with Gasteiger partial charge in [-0.1, -0.05) is 11.8 Å². The van der Waals surface area contributed by atoms with E-state index in [0.29, 0.717) is 0 Å². The monoisotopic (exact) mass is 252 g/mol. The fourth-order valence-corrected chi connectivity index (χ4v) is 0.977. The second-order valence-corrected chi connectivity index (χ2v) is 3.27. The van der Waals surface area contributed by atoms with Gasteiger partial charge in [0.2, 0.25) is 5.60 Å². The first kappa shape index (κ1) is 15.5. The molecule has 1 unspecified atom stereocenters. The second kappa shape index (κ2) is 7.75. The Bertz CT molecular complexity index is 400. The lowest BCUT2D eigenvalue weighted by molar-refractivity contribution is -0.177. The Kier molecular flexibility index (Phi) is 6.68. The van der Waals surface area contributed by atoms with Crippen molar-refractivity contribution < 1.29 is 28.6 Å². The van der Waals surface area contributed by atoms with E-state index in [0.717, 1.165) is 0 Å². The molecule has 0 fully saturated rings. The van der Waals surface area contributed by atoms with Crippen LogP contribution in [-0.4, -0.2) is 37.2 Å². The zero-order chi connectivity index (χ0) is 14.0. The molecule has 0 aromatic rings. The Morgan fingerprint density at radius 3 is 2.28 bits per heavy atom. The van der Waals surface area contributed by atoms with Gasteiger partial charge in [-0.3, -0.25) is 9.59 Å². The molecule has 0 amide bonds. The molecule has 6 nitrogen and oxygen atoms in total. The molecule has 0 aliphatic heterocycles. The highest BCUT2D eigenvalue weighted by Crippen LogP contribution is 2.17. The fourth-order valence-electron chi connectivity index (χ4n) is 0.977. The van der Waals surface area contributed by atoms with E-state index in [9.17, 15) is 14.4 Å². The number of rotatable bonds is 7. The second-order valence-electron chi connectivity index (χ2n) is 3.27. The highest BCUT2D eigenvalue weighted by molar-refractivity contribution is 5.86. The Morgan fingerprint density at radius 2 is 1.78 bits per heavy atom. The topological polar surface area (TPSA) is 78.9 Å². The van der Waals surface area contributed by atoms with Gasteiger partial charge in [-0.15, -0.1) is 12.8 Å². The molecule has 0 aromatic carbocycles. The molecule has 0 aromatic heterocycles. The van der Waals surface area contributed by atoms with Crippen molar-refractivity contribution in [1.29, 1.82) is 0 Å². The number of terminal acetylenes is 2. The van der Waals surface area contributed by atoms with Crippen LogP contribution in [0.4, 0.5) is 0 Å². The van der Waals surface area contributed by atoms with E-state index in [2.05, 4.69) is 26.1 Å². The van der Waals surface area contributed by atoms with Crippen LogP contribution in [-0.2, 0) is 28.6 Å². The van der Waals surface area contributed by atoms with Crippen LogP contribution < -0.4 is 0 Å². The molecule has 0 radical (unpaired) electrons. The molecular formula is C12H12O6. The third-order valence-electron chi connectivity index (χ3n) is 1.82. The SMILES string of the molecule is C#CCOC(=O)CC(C)(OC=O)C(=O)OCC#C. The molecule has 0 spiro atoms. The van der Waals surface area contributed by atoms with E-state index in [1.807, 2.05) is 0 Å². The summed E-state index contributed by atoms with van der Waals surface area (Å²) in [7, 11) is 0. The molecule has 0 aliphatic rings. The lowest BCUT2D eigenvalue weighted by Crippen LogP contribution is -2.42. The van der Waals surface area contributed by atoms with Crippen molar-refractivity contribution >= 4 is 18.4 Å². The Morgan fingerprint density at radius 1 is 1.22 bits per heavy atom. The van der Waals surface area contributed by atoms with Gasteiger partial charge in [-0.2, -0.15) is 0 Å². The predicted molar refractivity (Wildman–Crippen MR) is 59.8 cm³/mol. The average Bonchev–Trinajstić information content (AvgIpc) is 2.33. The number of esters is 2. The van der Waals surface area contributed by atoms with Gasteiger partial charge >= 0.3 is 11.9 Å². The molecular weight excluding hydrogens is 240 g/mol. The quantitative estimate of drug-likeness (QED) is 0.267. The normalized spacial score (nSPS) is 12.2. The molecule has 18 heavy (non-hydrogen) atoms. The molecule has 6 heteroatoms. The minimum atomic E-state index is -1.79. The van der Waals surface area contributed by atoms with Crippen LogP contribution in [0.2, 0.25) is 0 Å². The largest absolute Gasteiger partial charge is 0.452 e. The standard InChI is InChI=1S/C12H12O6/c1-4-6-16-10(14)8-12(3,18-9-13)11(15)17-7-5-2/h1-2,9H,6-8H2,3H3. The smallest absolute Gasteiger partial charge is 0.351 e. The average molecular weight is 252 g/mol. The summed E-state index contributed by atoms with van der Waals surface area (Å²) in [6, 6.07) is 0. The van der Waals surface area contributed by atoms with Gasteiger partial charge in [0, 0.05) is 0 Å². The number of ether oxygens (including phenoxy) is 3. The molecule has 1 atom stereocenters. The summed E-state index contributed by atoms with van der Waals surface area (Å²) in [5.74, 6) is 2.42. The molecule has 0 bridgehead atoms. The summed E-state index contributed by atoms with van der Waals surface area (Å²) >= 11 is 0. The minimum absolute atomic E-state index is 0.0333. The summed E-state index contributed by atoms with van der Waals surface area (Å²) in [4.78, 5) is 33.2. The van der Waals surface area contributed by atoms with Gasteiger partial charge in [-0.05, 0) is 6.92 Å². The van der Waals surface area contributed by atoms with Crippen molar-refractivity contribution in [3.63, 3.8) is 0 Å². The Labute approximate surface area is 105 Å². The van der Waals surface area contributed by atoms with Gasteiger partial charge in [0.15, 0.2) is 13.2 Å². The van der Waals surface area contributed by atoms with Crippen LogP contribution in [0, 0.1) is 24.7 Å². The predicted octanol–water partition coefficient (Wildman–Crippen LogP) is -0.339. The summed E-state index contributed by atoms with van der Waals surface area (Å²) in [5.41, 5.74) is -1.79. The maximum absolute atomic E-state index is 11.6. The Balaban J connectivity index is 4.66. The van der Waals surface area contributed by atoms with E-state index < -0.39 is 24.0 Å². The maximum Gasteiger partial charge on any atom is 0.351 e. The van der Waals surface area contributed by atoms with E-state index in [1.54, 1.807) is 0 Å². The third-order valence-corrected chi connectivity index (χ3v) is 1.82.